The first-order chi connectivity index (χ1) is 15.5. The highest BCUT2D eigenvalue weighted by atomic mass is 16.4. The summed E-state index contributed by atoms with van der Waals surface area (Å²) in [6.07, 6.45) is 0. The molecule has 0 saturated carbocycles. The van der Waals surface area contributed by atoms with Crippen molar-refractivity contribution in [1.29, 1.82) is 0 Å². The van der Waals surface area contributed by atoms with E-state index in [9.17, 15) is 9.59 Å². The van der Waals surface area contributed by atoms with Crippen LogP contribution in [0.3, 0.4) is 0 Å². The van der Waals surface area contributed by atoms with Crippen LogP contribution in [0.15, 0.2) is 91.2 Å². The Morgan fingerprint density at radius 1 is 0.688 bits per heavy atom. The van der Waals surface area contributed by atoms with Crippen LogP contribution in [-0.4, -0.2) is 0 Å². The lowest BCUT2D eigenvalue weighted by molar-refractivity contribution is 0.537. The summed E-state index contributed by atoms with van der Waals surface area (Å²) in [5.41, 5.74) is 15.0. The molecule has 2 heterocycles. The third-order valence-electron chi connectivity index (χ3n) is 5.73. The lowest BCUT2D eigenvalue weighted by atomic mass is 9.83. The lowest BCUT2D eigenvalue weighted by Gasteiger charge is -2.21. The van der Waals surface area contributed by atoms with Gasteiger partial charge in [0.25, 0.3) is 0 Å². The van der Waals surface area contributed by atoms with Crippen LogP contribution >= 0.6 is 0 Å². The number of hydrogen-bond acceptors (Lipinski definition) is 6. The summed E-state index contributed by atoms with van der Waals surface area (Å²) in [6.45, 7) is 1.93. The Balaban J connectivity index is 1.92. The summed E-state index contributed by atoms with van der Waals surface area (Å²) >= 11 is 0. The molecule has 0 radical (unpaired) electrons. The number of hydrogen-bond donors (Lipinski definition) is 2. The molecule has 0 saturated heterocycles. The van der Waals surface area contributed by atoms with Gasteiger partial charge in [-0.3, -0.25) is 0 Å². The Morgan fingerprint density at radius 3 is 1.69 bits per heavy atom. The predicted octanol–water partition coefficient (Wildman–Crippen LogP) is 4.55. The van der Waals surface area contributed by atoms with Crippen molar-refractivity contribution in [1.82, 2.24) is 0 Å². The van der Waals surface area contributed by atoms with Gasteiger partial charge in [0.05, 0.1) is 28.4 Å². The van der Waals surface area contributed by atoms with Crippen LogP contribution in [0, 0.1) is 6.92 Å². The normalized spacial score (nSPS) is 11.4. The van der Waals surface area contributed by atoms with Gasteiger partial charge in [-0.15, -0.1) is 0 Å². The van der Waals surface area contributed by atoms with Crippen LogP contribution < -0.4 is 22.7 Å². The zero-order valence-electron chi connectivity index (χ0n) is 17.3. The molecule has 0 spiro atoms. The molecule has 0 aliphatic rings. The van der Waals surface area contributed by atoms with Gasteiger partial charge in [0, 0.05) is 10.8 Å². The zero-order valence-corrected chi connectivity index (χ0v) is 17.3. The number of benzene rings is 3. The first-order valence-corrected chi connectivity index (χ1v) is 10.1. The molecule has 0 aliphatic heterocycles. The number of fused-ring (bicyclic) bond motifs is 2. The van der Waals surface area contributed by atoms with Crippen LogP contribution in [0.2, 0.25) is 0 Å². The molecule has 3 aromatic carbocycles. The molecule has 0 aliphatic carbocycles. The van der Waals surface area contributed by atoms with Gasteiger partial charge >= 0.3 is 11.3 Å². The molecule has 5 rings (SSSR count). The smallest absolute Gasteiger partial charge is 0.342 e. The van der Waals surface area contributed by atoms with Crippen LogP contribution in [0.4, 0.5) is 11.4 Å². The fourth-order valence-corrected chi connectivity index (χ4v) is 4.25. The molecular formula is C26H20N2O4. The van der Waals surface area contributed by atoms with Crippen LogP contribution in [0.25, 0.3) is 21.9 Å². The Morgan fingerprint density at radius 2 is 1.19 bits per heavy atom. The van der Waals surface area contributed by atoms with Crippen molar-refractivity contribution < 1.29 is 8.83 Å². The molecule has 0 bridgehead atoms. The van der Waals surface area contributed by atoms with Gasteiger partial charge in [0.15, 0.2) is 0 Å². The monoisotopic (exact) mass is 424 g/mol. The van der Waals surface area contributed by atoms with Crippen molar-refractivity contribution in [2.75, 3.05) is 11.5 Å². The molecule has 6 nitrogen and oxygen atoms in total. The second kappa shape index (κ2) is 7.42. The Hall–Kier alpha value is -4.32. The van der Waals surface area contributed by atoms with Crippen molar-refractivity contribution in [2.45, 2.75) is 12.8 Å². The fourth-order valence-electron chi connectivity index (χ4n) is 4.25. The number of para-hydroxylation sites is 2. The summed E-state index contributed by atoms with van der Waals surface area (Å²) in [5.74, 6) is -0.864. The topological polar surface area (TPSA) is 112 Å². The van der Waals surface area contributed by atoms with Gasteiger partial charge in [0.1, 0.15) is 11.2 Å². The van der Waals surface area contributed by atoms with E-state index in [1.807, 2.05) is 43.3 Å². The van der Waals surface area contributed by atoms with E-state index in [2.05, 4.69) is 0 Å². The Labute approximate surface area is 182 Å². The molecule has 32 heavy (non-hydrogen) atoms. The number of rotatable bonds is 3. The third-order valence-corrected chi connectivity index (χ3v) is 5.73. The molecular weight excluding hydrogens is 404 g/mol. The fraction of sp³-hybridized carbons (Fsp3) is 0.0769. The van der Waals surface area contributed by atoms with E-state index >= 15 is 0 Å². The molecule has 158 valence electrons. The van der Waals surface area contributed by atoms with Crippen molar-refractivity contribution in [3.05, 3.63) is 116 Å². The molecule has 6 heteroatoms. The summed E-state index contributed by atoms with van der Waals surface area (Å²) in [4.78, 5) is 26.4. The van der Waals surface area contributed by atoms with Crippen LogP contribution in [-0.2, 0) is 0 Å². The number of anilines is 2. The lowest BCUT2D eigenvalue weighted by Crippen LogP contribution is -2.24. The van der Waals surface area contributed by atoms with Gasteiger partial charge in [0.2, 0.25) is 0 Å². The Kier molecular flexibility index (Phi) is 4.56. The average molecular weight is 424 g/mol. The van der Waals surface area contributed by atoms with E-state index < -0.39 is 17.2 Å². The minimum Gasteiger partial charge on any atom is -0.422 e. The largest absolute Gasteiger partial charge is 0.422 e. The van der Waals surface area contributed by atoms with E-state index in [0.29, 0.717) is 27.5 Å². The van der Waals surface area contributed by atoms with E-state index in [1.165, 1.54) is 0 Å². The standard InChI is InChI=1S/C26H20N2O4/c1-14-7-6-8-15(13-14)20(21-23(27)16-9-2-4-11-18(16)31-25(21)29)22-24(28)17-10-3-5-12-19(17)32-26(22)30/h2-13,20H,27-28H2,1H3. The highest BCUT2D eigenvalue weighted by Crippen LogP contribution is 2.39. The van der Waals surface area contributed by atoms with Crippen LogP contribution in [0.1, 0.15) is 28.2 Å². The maximum absolute atomic E-state index is 13.2. The van der Waals surface area contributed by atoms with Gasteiger partial charge in [-0.2, -0.15) is 0 Å². The third kappa shape index (κ3) is 3.04. The first kappa shape index (κ1) is 19.6. The molecule has 0 unspecified atom stereocenters. The van der Waals surface area contributed by atoms with E-state index in [4.69, 9.17) is 20.3 Å². The zero-order chi connectivity index (χ0) is 22.4. The minimum atomic E-state index is -0.864. The van der Waals surface area contributed by atoms with Crippen LogP contribution in [0.5, 0.6) is 0 Å². The highest BCUT2D eigenvalue weighted by Gasteiger charge is 2.30. The summed E-state index contributed by atoms with van der Waals surface area (Å²) in [7, 11) is 0. The maximum atomic E-state index is 13.2. The molecule has 5 aromatic rings. The minimum absolute atomic E-state index is 0.156. The van der Waals surface area contributed by atoms with Gasteiger partial charge < -0.3 is 20.3 Å². The molecule has 0 fully saturated rings. The molecule has 2 aromatic heterocycles. The van der Waals surface area contributed by atoms with Crippen molar-refractivity contribution >= 4 is 33.3 Å². The molecule has 0 amide bonds. The number of aryl methyl sites for hydroxylation is 1. The van der Waals surface area contributed by atoms with Crippen molar-refractivity contribution in [3.63, 3.8) is 0 Å². The predicted molar refractivity (Wildman–Crippen MR) is 126 cm³/mol. The van der Waals surface area contributed by atoms with E-state index in [-0.39, 0.29) is 22.5 Å². The van der Waals surface area contributed by atoms with E-state index in [0.717, 1.165) is 5.56 Å². The quantitative estimate of drug-likeness (QED) is 0.411. The first-order valence-electron chi connectivity index (χ1n) is 10.1. The summed E-state index contributed by atoms with van der Waals surface area (Å²) < 4.78 is 11.2. The second-order valence-electron chi connectivity index (χ2n) is 7.77. The highest BCUT2D eigenvalue weighted by molar-refractivity contribution is 5.93. The Bertz CT molecular complexity index is 1520. The number of nitrogen functional groups attached to an aromatic ring is 2. The molecule has 0 atom stereocenters. The van der Waals surface area contributed by atoms with Gasteiger partial charge in [-0.05, 0) is 36.8 Å². The molecule has 4 N–H and O–H groups in total. The van der Waals surface area contributed by atoms with Gasteiger partial charge in [-0.1, -0.05) is 54.1 Å². The maximum Gasteiger partial charge on any atom is 0.342 e. The number of nitrogens with two attached hydrogens (primary N) is 2. The van der Waals surface area contributed by atoms with Crippen molar-refractivity contribution in [2.24, 2.45) is 0 Å². The van der Waals surface area contributed by atoms with Gasteiger partial charge in [-0.25, -0.2) is 9.59 Å². The SMILES string of the molecule is Cc1cccc(C(c2c(N)c3ccccc3oc2=O)c2c(N)c3ccccc3oc2=O)c1. The van der Waals surface area contributed by atoms with Crippen molar-refractivity contribution in [3.8, 4) is 0 Å². The summed E-state index contributed by atoms with van der Waals surface area (Å²) in [6, 6.07) is 21.6. The average Bonchev–Trinajstić information content (AvgIpc) is 2.78. The van der Waals surface area contributed by atoms with E-state index in [1.54, 1.807) is 36.4 Å². The summed E-state index contributed by atoms with van der Waals surface area (Å²) in [5, 5.41) is 1.17. The second-order valence-corrected chi connectivity index (χ2v) is 7.77.